The van der Waals surface area contributed by atoms with Crippen molar-refractivity contribution in [1.29, 1.82) is 0 Å². The molecule has 0 saturated carbocycles. The minimum atomic E-state index is -0.386. The van der Waals surface area contributed by atoms with Crippen LogP contribution in [0.2, 0.25) is 0 Å². The predicted molar refractivity (Wildman–Crippen MR) is 72.4 cm³/mol. The fraction of sp³-hybridized carbons (Fsp3) is 0. The molecule has 1 heterocycles. The number of anilines is 2. The lowest BCUT2D eigenvalue weighted by Gasteiger charge is -2.07. The number of carbonyl (C=O) groups is 1. The van der Waals surface area contributed by atoms with Gasteiger partial charge in [0.2, 0.25) is 0 Å². The standard InChI is InChI=1S/C12H10BrN3O2/c13-8-4-3-7(6-10(8)17)12(18)16-11-9(14)2-1-5-15-11/h1-6,17H,14H2,(H,15,16,18). The van der Waals surface area contributed by atoms with E-state index < -0.39 is 0 Å². The Morgan fingerprint density at radius 2 is 2.17 bits per heavy atom. The molecule has 92 valence electrons. The molecule has 0 aliphatic carbocycles. The topological polar surface area (TPSA) is 88.2 Å². The lowest BCUT2D eigenvalue weighted by Crippen LogP contribution is -2.14. The highest BCUT2D eigenvalue weighted by Gasteiger charge is 2.10. The van der Waals surface area contributed by atoms with Crippen molar-refractivity contribution in [2.24, 2.45) is 0 Å². The van der Waals surface area contributed by atoms with Crippen LogP contribution in [-0.2, 0) is 0 Å². The van der Waals surface area contributed by atoms with Gasteiger partial charge in [0, 0.05) is 11.8 Å². The average molecular weight is 308 g/mol. The molecular formula is C12H10BrN3O2. The third-order valence-electron chi connectivity index (χ3n) is 2.28. The van der Waals surface area contributed by atoms with Crippen molar-refractivity contribution in [2.75, 3.05) is 11.1 Å². The van der Waals surface area contributed by atoms with Crippen LogP contribution in [0.5, 0.6) is 5.75 Å². The highest BCUT2D eigenvalue weighted by molar-refractivity contribution is 9.10. The van der Waals surface area contributed by atoms with Crippen LogP contribution in [0.25, 0.3) is 0 Å². The number of pyridine rings is 1. The number of carbonyl (C=O) groups excluding carboxylic acids is 1. The number of aromatic hydroxyl groups is 1. The van der Waals surface area contributed by atoms with Gasteiger partial charge in [-0.05, 0) is 46.3 Å². The summed E-state index contributed by atoms with van der Waals surface area (Å²) in [6, 6.07) is 7.85. The Morgan fingerprint density at radius 3 is 2.83 bits per heavy atom. The van der Waals surface area contributed by atoms with E-state index in [1.54, 1.807) is 24.3 Å². The van der Waals surface area contributed by atoms with Gasteiger partial charge < -0.3 is 16.2 Å². The molecule has 6 heteroatoms. The van der Waals surface area contributed by atoms with Crippen molar-refractivity contribution < 1.29 is 9.90 Å². The largest absolute Gasteiger partial charge is 0.507 e. The van der Waals surface area contributed by atoms with Crippen LogP contribution >= 0.6 is 15.9 Å². The Balaban J connectivity index is 2.22. The SMILES string of the molecule is Nc1cccnc1NC(=O)c1ccc(Br)c(O)c1. The van der Waals surface area contributed by atoms with Gasteiger partial charge in [0.15, 0.2) is 5.82 Å². The second-order valence-electron chi connectivity index (χ2n) is 3.56. The van der Waals surface area contributed by atoms with Crippen molar-refractivity contribution >= 4 is 33.3 Å². The Hall–Kier alpha value is -2.08. The van der Waals surface area contributed by atoms with Gasteiger partial charge in [-0.1, -0.05) is 0 Å². The maximum atomic E-state index is 11.9. The molecule has 2 aromatic rings. The van der Waals surface area contributed by atoms with Crippen molar-refractivity contribution in [1.82, 2.24) is 4.98 Å². The summed E-state index contributed by atoms with van der Waals surface area (Å²) in [5.74, 6) is -0.0928. The highest BCUT2D eigenvalue weighted by Crippen LogP contribution is 2.25. The number of hydrogen-bond donors (Lipinski definition) is 3. The fourth-order valence-electron chi connectivity index (χ4n) is 1.36. The molecule has 0 radical (unpaired) electrons. The van der Waals surface area contributed by atoms with E-state index in [-0.39, 0.29) is 11.7 Å². The number of nitrogens with one attached hydrogen (secondary N) is 1. The summed E-state index contributed by atoms with van der Waals surface area (Å²) in [7, 11) is 0. The summed E-state index contributed by atoms with van der Waals surface area (Å²) in [4.78, 5) is 15.9. The molecule has 0 saturated heterocycles. The van der Waals surface area contributed by atoms with E-state index in [1.165, 1.54) is 12.3 Å². The Morgan fingerprint density at radius 1 is 1.39 bits per heavy atom. The second-order valence-corrected chi connectivity index (χ2v) is 4.42. The van der Waals surface area contributed by atoms with Crippen molar-refractivity contribution in [3.05, 3.63) is 46.6 Å². The molecule has 2 rings (SSSR count). The second kappa shape index (κ2) is 5.05. The van der Waals surface area contributed by atoms with Gasteiger partial charge in [0.25, 0.3) is 5.91 Å². The molecule has 5 nitrogen and oxygen atoms in total. The van der Waals surface area contributed by atoms with Gasteiger partial charge in [-0.15, -0.1) is 0 Å². The van der Waals surface area contributed by atoms with Crippen molar-refractivity contribution in [3.8, 4) is 5.75 Å². The van der Waals surface area contributed by atoms with Gasteiger partial charge >= 0.3 is 0 Å². The summed E-state index contributed by atoms with van der Waals surface area (Å²) in [5.41, 5.74) is 6.37. The van der Waals surface area contributed by atoms with Crippen LogP contribution in [0.4, 0.5) is 11.5 Å². The number of amides is 1. The van der Waals surface area contributed by atoms with E-state index in [1.807, 2.05) is 0 Å². The Labute approximate surface area is 112 Å². The number of nitrogens with zero attached hydrogens (tertiary/aromatic N) is 1. The van der Waals surface area contributed by atoms with Crippen molar-refractivity contribution in [3.63, 3.8) is 0 Å². The van der Waals surface area contributed by atoms with Gasteiger partial charge in [0.05, 0.1) is 10.2 Å². The molecule has 1 amide bonds. The van der Waals surface area contributed by atoms with Gasteiger partial charge in [-0.3, -0.25) is 4.79 Å². The van der Waals surface area contributed by atoms with E-state index in [4.69, 9.17) is 5.73 Å². The van der Waals surface area contributed by atoms with E-state index in [2.05, 4.69) is 26.2 Å². The normalized spacial score (nSPS) is 10.1. The number of benzene rings is 1. The number of nitrogen functional groups attached to an aromatic ring is 1. The number of phenolic OH excluding ortho intramolecular Hbond substituents is 1. The summed E-state index contributed by atoms with van der Waals surface area (Å²) in [6.07, 6.45) is 1.53. The number of aromatic nitrogens is 1. The highest BCUT2D eigenvalue weighted by atomic mass is 79.9. The van der Waals surface area contributed by atoms with Gasteiger partial charge in [-0.25, -0.2) is 4.98 Å². The molecule has 0 aliphatic heterocycles. The molecule has 18 heavy (non-hydrogen) atoms. The lowest BCUT2D eigenvalue weighted by atomic mass is 10.2. The summed E-state index contributed by atoms with van der Waals surface area (Å²) < 4.78 is 0.524. The van der Waals surface area contributed by atoms with Gasteiger partial charge in [0.1, 0.15) is 5.75 Å². The first-order valence-electron chi connectivity index (χ1n) is 5.08. The summed E-state index contributed by atoms with van der Waals surface area (Å²) >= 11 is 3.14. The van der Waals surface area contributed by atoms with Crippen LogP contribution in [0.3, 0.4) is 0 Å². The van der Waals surface area contributed by atoms with Crippen LogP contribution < -0.4 is 11.1 Å². The summed E-state index contributed by atoms with van der Waals surface area (Å²) in [6.45, 7) is 0. The van der Waals surface area contributed by atoms with E-state index >= 15 is 0 Å². The van der Waals surface area contributed by atoms with Gasteiger partial charge in [-0.2, -0.15) is 0 Å². The smallest absolute Gasteiger partial charge is 0.257 e. The molecule has 1 aromatic heterocycles. The van der Waals surface area contributed by atoms with Crippen LogP contribution in [0.1, 0.15) is 10.4 Å². The monoisotopic (exact) mass is 307 g/mol. The first kappa shape index (κ1) is 12.4. The first-order valence-corrected chi connectivity index (χ1v) is 5.87. The molecule has 0 atom stereocenters. The number of halogens is 1. The average Bonchev–Trinajstić information content (AvgIpc) is 2.35. The lowest BCUT2D eigenvalue weighted by molar-refractivity contribution is 0.102. The molecule has 0 unspecified atom stereocenters. The zero-order valence-corrected chi connectivity index (χ0v) is 10.8. The quantitative estimate of drug-likeness (QED) is 0.795. The third kappa shape index (κ3) is 2.60. The fourth-order valence-corrected chi connectivity index (χ4v) is 1.60. The molecule has 0 spiro atoms. The maximum Gasteiger partial charge on any atom is 0.257 e. The minimum Gasteiger partial charge on any atom is -0.507 e. The minimum absolute atomic E-state index is 0.00311. The van der Waals surface area contributed by atoms with Crippen LogP contribution in [0.15, 0.2) is 41.0 Å². The van der Waals surface area contributed by atoms with E-state index in [0.29, 0.717) is 21.5 Å². The third-order valence-corrected chi connectivity index (χ3v) is 2.95. The zero-order valence-electron chi connectivity index (χ0n) is 9.22. The van der Waals surface area contributed by atoms with E-state index in [9.17, 15) is 9.90 Å². The molecule has 1 aromatic carbocycles. The van der Waals surface area contributed by atoms with Crippen LogP contribution in [0, 0.1) is 0 Å². The Kier molecular flexibility index (Phi) is 3.47. The number of rotatable bonds is 2. The molecule has 0 aliphatic rings. The van der Waals surface area contributed by atoms with E-state index in [0.717, 1.165) is 0 Å². The molecular weight excluding hydrogens is 298 g/mol. The number of phenols is 1. The first-order chi connectivity index (χ1) is 8.58. The maximum absolute atomic E-state index is 11.9. The number of hydrogen-bond acceptors (Lipinski definition) is 4. The van der Waals surface area contributed by atoms with Crippen LogP contribution in [-0.4, -0.2) is 16.0 Å². The number of nitrogens with two attached hydrogens (primary N) is 1. The zero-order chi connectivity index (χ0) is 13.1. The summed E-state index contributed by atoms with van der Waals surface area (Å²) in [5, 5.41) is 12.1. The molecule has 0 bridgehead atoms. The molecule has 4 N–H and O–H groups in total. The molecule has 0 fully saturated rings. The van der Waals surface area contributed by atoms with Crippen molar-refractivity contribution in [2.45, 2.75) is 0 Å². The predicted octanol–water partition coefficient (Wildman–Crippen LogP) is 2.38. The Bertz CT molecular complexity index is 602.